The third-order valence-electron chi connectivity index (χ3n) is 4.10. The molecule has 0 aliphatic heterocycles. The Kier molecular flexibility index (Phi) is 5.23. The second-order valence-corrected chi connectivity index (χ2v) is 5.93. The van der Waals surface area contributed by atoms with E-state index in [1.165, 1.54) is 13.2 Å². The number of nitrogens with zero attached hydrogens (tertiary/aromatic N) is 1. The van der Waals surface area contributed by atoms with Crippen molar-refractivity contribution in [3.63, 3.8) is 0 Å². The van der Waals surface area contributed by atoms with Gasteiger partial charge in [0.2, 0.25) is 0 Å². The second kappa shape index (κ2) is 7.75. The zero-order valence-corrected chi connectivity index (χ0v) is 14.9. The second-order valence-electron chi connectivity index (χ2n) is 5.93. The SMILES string of the molecule is COc1cc(-c2cc(C)[nH]c(=O)c2C#N)ccc1OCc1ccccc1F. The van der Waals surface area contributed by atoms with Crippen LogP contribution < -0.4 is 15.0 Å². The van der Waals surface area contributed by atoms with Gasteiger partial charge in [-0.2, -0.15) is 5.26 Å². The average Bonchev–Trinajstić information content (AvgIpc) is 2.66. The number of aromatic amines is 1. The predicted molar refractivity (Wildman–Crippen MR) is 99.2 cm³/mol. The highest BCUT2D eigenvalue weighted by Gasteiger charge is 2.14. The number of methoxy groups -OCH3 is 1. The van der Waals surface area contributed by atoms with Crippen molar-refractivity contribution < 1.29 is 13.9 Å². The lowest BCUT2D eigenvalue weighted by Crippen LogP contribution is -2.12. The van der Waals surface area contributed by atoms with Crippen LogP contribution in [-0.2, 0) is 6.61 Å². The Bertz CT molecular complexity index is 1080. The number of ether oxygens (including phenoxy) is 2. The van der Waals surface area contributed by atoms with E-state index in [-0.39, 0.29) is 18.0 Å². The van der Waals surface area contributed by atoms with Crippen LogP contribution in [-0.4, -0.2) is 12.1 Å². The van der Waals surface area contributed by atoms with Crippen molar-refractivity contribution in [3.8, 4) is 28.7 Å². The summed E-state index contributed by atoms with van der Waals surface area (Å²) in [5, 5.41) is 9.31. The highest BCUT2D eigenvalue weighted by Crippen LogP contribution is 2.34. The molecule has 0 aliphatic carbocycles. The third-order valence-corrected chi connectivity index (χ3v) is 4.10. The van der Waals surface area contributed by atoms with Gasteiger partial charge >= 0.3 is 0 Å². The summed E-state index contributed by atoms with van der Waals surface area (Å²) in [6, 6.07) is 15.1. The lowest BCUT2D eigenvalue weighted by Gasteiger charge is -2.13. The van der Waals surface area contributed by atoms with Gasteiger partial charge < -0.3 is 14.5 Å². The summed E-state index contributed by atoms with van der Waals surface area (Å²) in [6.45, 7) is 1.80. The number of rotatable bonds is 5. The summed E-state index contributed by atoms with van der Waals surface area (Å²) >= 11 is 0. The molecule has 3 aromatic rings. The number of nitrogens with one attached hydrogen (secondary N) is 1. The first kappa shape index (κ1) is 18.2. The number of aryl methyl sites for hydroxylation is 1. The van der Waals surface area contributed by atoms with Gasteiger partial charge in [-0.15, -0.1) is 0 Å². The van der Waals surface area contributed by atoms with Crippen LogP contribution in [0.5, 0.6) is 11.5 Å². The molecule has 1 heterocycles. The number of nitriles is 1. The van der Waals surface area contributed by atoms with Crippen molar-refractivity contribution in [2.75, 3.05) is 7.11 Å². The van der Waals surface area contributed by atoms with E-state index in [1.807, 2.05) is 6.07 Å². The van der Waals surface area contributed by atoms with Gasteiger partial charge in [0.25, 0.3) is 5.56 Å². The first-order chi connectivity index (χ1) is 13.0. The number of benzene rings is 2. The summed E-state index contributed by atoms with van der Waals surface area (Å²) < 4.78 is 24.8. The molecule has 1 aromatic heterocycles. The van der Waals surface area contributed by atoms with Gasteiger partial charge in [0.15, 0.2) is 11.5 Å². The molecule has 0 spiro atoms. The lowest BCUT2D eigenvalue weighted by molar-refractivity contribution is 0.280. The Morgan fingerprint density at radius 3 is 2.63 bits per heavy atom. The maximum absolute atomic E-state index is 13.7. The minimum Gasteiger partial charge on any atom is -0.493 e. The van der Waals surface area contributed by atoms with E-state index in [0.29, 0.717) is 33.9 Å². The van der Waals surface area contributed by atoms with E-state index < -0.39 is 5.56 Å². The molecule has 2 aromatic carbocycles. The largest absolute Gasteiger partial charge is 0.493 e. The summed E-state index contributed by atoms with van der Waals surface area (Å²) in [5.41, 5.74) is 1.83. The van der Waals surface area contributed by atoms with Crippen molar-refractivity contribution in [2.45, 2.75) is 13.5 Å². The summed E-state index contributed by atoms with van der Waals surface area (Å²) in [5.74, 6) is 0.515. The molecule has 6 heteroatoms. The van der Waals surface area contributed by atoms with Crippen molar-refractivity contribution in [3.05, 3.63) is 81.5 Å². The van der Waals surface area contributed by atoms with Crippen molar-refractivity contribution in [2.24, 2.45) is 0 Å². The molecule has 0 saturated heterocycles. The molecule has 0 fully saturated rings. The molecule has 0 amide bonds. The topological polar surface area (TPSA) is 75.1 Å². The minimum atomic E-state index is -0.439. The first-order valence-corrected chi connectivity index (χ1v) is 8.22. The zero-order valence-electron chi connectivity index (χ0n) is 14.9. The number of hydrogen-bond donors (Lipinski definition) is 1. The fraction of sp³-hybridized carbons (Fsp3) is 0.143. The van der Waals surface area contributed by atoms with Crippen molar-refractivity contribution in [1.29, 1.82) is 5.26 Å². The Hall–Kier alpha value is -3.59. The first-order valence-electron chi connectivity index (χ1n) is 8.22. The lowest BCUT2D eigenvalue weighted by atomic mass is 10.0. The molecule has 0 radical (unpaired) electrons. The Balaban J connectivity index is 1.95. The molecule has 0 aliphatic rings. The summed E-state index contributed by atoms with van der Waals surface area (Å²) in [7, 11) is 1.49. The van der Waals surface area contributed by atoms with Gasteiger partial charge in [0.1, 0.15) is 24.1 Å². The van der Waals surface area contributed by atoms with Crippen LogP contribution in [0.15, 0.2) is 53.3 Å². The van der Waals surface area contributed by atoms with E-state index in [4.69, 9.17) is 9.47 Å². The maximum atomic E-state index is 13.7. The van der Waals surface area contributed by atoms with Crippen molar-refractivity contribution in [1.82, 2.24) is 4.98 Å². The van der Waals surface area contributed by atoms with Gasteiger partial charge in [-0.25, -0.2) is 4.39 Å². The number of hydrogen-bond acceptors (Lipinski definition) is 4. The summed E-state index contributed by atoms with van der Waals surface area (Å²) in [6.07, 6.45) is 0. The number of halogens is 1. The van der Waals surface area contributed by atoms with E-state index in [9.17, 15) is 14.4 Å². The van der Waals surface area contributed by atoms with Gasteiger partial charge in [-0.3, -0.25) is 4.79 Å². The van der Waals surface area contributed by atoms with Crippen LogP contribution in [0.1, 0.15) is 16.8 Å². The van der Waals surface area contributed by atoms with Gasteiger partial charge in [0, 0.05) is 16.8 Å². The Morgan fingerprint density at radius 1 is 1.15 bits per heavy atom. The predicted octanol–water partition coefficient (Wildman–Crippen LogP) is 3.95. The molecule has 3 rings (SSSR count). The Labute approximate surface area is 155 Å². The molecule has 27 heavy (non-hydrogen) atoms. The molecule has 0 saturated carbocycles. The smallest absolute Gasteiger partial charge is 0.266 e. The molecule has 5 nitrogen and oxygen atoms in total. The number of H-pyrrole nitrogens is 1. The molecule has 0 unspecified atom stereocenters. The molecule has 1 N–H and O–H groups in total. The number of aromatic nitrogens is 1. The monoisotopic (exact) mass is 364 g/mol. The average molecular weight is 364 g/mol. The Morgan fingerprint density at radius 2 is 1.93 bits per heavy atom. The molecule has 0 bridgehead atoms. The summed E-state index contributed by atoms with van der Waals surface area (Å²) in [4.78, 5) is 14.6. The van der Waals surface area contributed by atoms with Crippen LogP contribution in [0.4, 0.5) is 4.39 Å². The van der Waals surface area contributed by atoms with Crippen LogP contribution in [0.3, 0.4) is 0 Å². The van der Waals surface area contributed by atoms with Crippen LogP contribution in [0, 0.1) is 24.1 Å². The fourth-order valence-electron chi connectivity index (χ4n) is 2.75. The van der Waals surface area contributed by atoms with Gasteiger partial charge in [-0.05, 0) is 36.8 Å². The van der Waals surface area contributed by atoms with Crippen LogP contribution in [0.2, 0.25) is 0 Å². The molecular formula is C21H17FN2O3. The standard InChI is InChI=1S/C21H17FN2O3/c1-13-9-16(17(11-23)21(25)24-13)14-7-8-19(20(10-14)26-2)27-12-15-5-3-4-6-18(15)22/h3-10H,12H2,1-2H3,(H,24,25). The molecular weight excluding hydrogens is 347 g/mol. The minimum absolute atomic E-state index is 0.0303. The van der Waals surface area contributed by atoms with Gasteiger partial charge in [0.05, 0.1) is 7.11 Å². The normalized spacial score (nSPS) is 10.3. The van der Waals surface area contributed by atoms with E-state index in [1.54, 1.807) is 49.4 Å². The third kappa shape index (κ3) is 3.82. The molecule has 136 valence electrons. The maximum Gasteiger partial charge on any atom is 0.266 e. The van der Waals surface area contributed by atoms with Crippen LogP contribution in [0.25, 0.3) is 11.1 Å². The quantitative estimate of drug-likeness (QED) is 0.744. The van der Waals surface area contributed by atoms with Crippen molar-refractivity contribution >= 4 is 0 Å². The van der Waals surface area contributed by atoms with Gasteiger partial charge in [-0.1, -0.05) is 24.3 Å². The van der Waals surface area contributed by atoms with E-state index in [0.717, 1.165) is 0 Å². The number of pyridine rings is 1. The highest BCUT2D eigenvalue weighted by molar-refractivity contribution is 5.72. The highest BCUT2D eigenvalue weighted by atomic mass is 19.1. The van der Waals surface area contributed by atoms with E-state index in [2.05, 4.69) is 4.98 Å². The van der Waals surface area contributed by atoms with Crippen LogP contribution >= 0.6 is 0 Å². The molecule has 0 atom stereocenters. The zero-order chi connectivity index (χ0) is 19.4. The fourth-order valence-corrected chi connectivity index (χ4v) is 2.75. The van der Waals surface area contributed by atoms with E-state index >= 15 is 0 Å².